The molecule has 2 fully saturated rings. The molecule has 0 bridgehead atoms. The molecule has 198 valence electrons. The first-order valence-corrected chi connectivity index (χ1v) is 14.5. The van der Waals surface area contributed by atoms with Crippen LogP contribution in [0.15, 0.2) is 29.3 Å². The normalized spacial score (nSPS) is 25.0. The summed E-state index contributed by atoms with van der Waals surface area (Å²) in [4.78, 5) is 19.8. The van der Waals surface area contributed by atoms with E-state index in [1.165, 1.54) is 4.88 Å². The second-order valence-electron chi connectivity index (χ2n) is 11.1. The van der Waals surface area contributed by atoms with Crippen molar-refractivity contribution in [1.82, 2.24) is 20.1 Å². The van der Waals surface area contributed by atoms with Crippen molar-refractivity contribution in [2.45, 2.75) is 76.3 Å². The molecule has 1 aromatic carbocycles. The van der Waals surface area contributed by atoms with E-state index >= 15 is 0 Å². The maximum absolute atomic E-state index is 13.3. The van der Waals surface area contributed by atoms with Crippen molar-refractivity contribution in [2.75, 3.05) is 0 Å². The number of carbonyl (C=O) groups is 1. The van der Waals surface area contributed by atoms with Crippen LogP contribution in [0.2, 0.25) is 5.02 Å². The number of hydrogen-bond donors (Lipinski definition) is 1. The first kappa shape index (κ1) is 24.4. The molecule has 4 aliphatic rings. The van der Waals surface area contributed by atoms with Crippen LogP contribution in [0.5, 0.6) is 0 Å². The molecule has 0 radical (unpaired) electrons. The van der Waals surface area contributed by atoms with E-state index in [1.54, 1.807) is 11.3 Å². The Labute approximate surface area is 228 Å². The van der Waals surface area contributed by atoms with Gasteiger partial charge >= 0.3 is 0 Å². The average molecular weight is 556 g/mol. The highest BCUT2D eigenvalue weighted by Gasteiger charge is 2.52. The molecule has 0 saturated heterocycles. The van der Waals surface area contributed by atoms with E-state index < -0.39 is 17.9 Å². The molecule has 1 amide bonds. The van der Waals surface area contributed by atoms with Gasteiger partial charge in [0.1, 0.15) is 16.4 Å². The summed E-state index contributed by atoms with van der Waals surface area (Å²) in [5.41, 5.74) is 3.56. The van der Waals surface area contributed by atoms with Crippen LogP contribution in [0.4, 0.5) is 8.78 Å². The third kappa shape index (κ3) is 3.84. The summed E-state index contributed by atoms with van der Waals surface area (Å²) in [6, 6.07) is 7.78. The fourth-order valence-corrected chi connectivity index (χ4v) is 8.05. The second kappa shape index (κ2) is 8.95. The third-order valence-corrected chi connectivity index (χ3v) is 10.2. The van der Waals surface area contributed by atoms with Gasteiger partial charge in [0.05, 0.1) is 5.71 Å². The lowest BCUT2D eigenvalue weighted by Crippen LogP contribution is -2.41. The number of benzene rings is 1. The first-order chi connectivity index (χ1) is 18.3. The molecule has 2 aromatic heterocycles. The van der Waals surface area contributed by atoms with Gasteiger partial charge in [-0.1, -0.05) is 29.8 Å². The summed E-state index contributed by atoms with van der Waals surface area (Å²) in [6.45, 7) is 1.97. The number of aryl methyl sites for hydroxylation is 1. The Balaban J connectivity index is 1.23. The van der Waals surface area contributed by atoms with Crippen molar-refractivity contribution < 1.29 is 13.6 Å². The number of amides is 1. The minimum atomic E-state index is -2.27. The predicted molar refractivity (Wildman–Crippen MR) is 143 cm³/mol. The number of hydrogen-bond acceptors (Lipinski definition) is 5. The monoisotopic (exact) mass is 555 g/mol. The van der Waals surface area contributed by atoms with Crippen LogP contribution in [0, 0.1) is 18.8 Å². The van der Waals surface area contributed by atoms with Crippen LogP contribution in [-0.2, 0) is 23.2 Å². The van der Waals surface area contributed by atoms with Gasteiger partial charge in [-0.2, -0.15) is 0 Å². The van der Waals surface area contributed by atoms with Crippen LogP contribution in [-0.4, -0.2) is 38.9 Å². The van der Waals surface area contributed by atoms with E-state index in [0.717, 1.165) is 51.9 Å². The highest BCUT2D eigenvalue weighted by molar-refractivity contribution is 7.15. The first-order valence-electron chi connectivity index (χ1n) is 13.4. The molecular weight excluding hydrogens is 528 g/mol. The van der Waals surface area contributed by atoms with Crippen LogP contribution in [0.1, 0.15) is 71.7 Å². The highest BCUT2D eigenvalue weighted by atomic mass is 35.5. The minimum absolute atomic E-state index is 0.0207. The summed E-state index contributed by atoms with van der Waals surface area (Å²) in [5, 5.41) is 13.8. The van der Waals surface area contributed by atoms with Gasteiger partial charge in [-0.15, -0.1) is 21.5 Å². The van der Waals surface area contributed by atoms with Gasteiger partial charge in [0.15, 0.2) is 5.82 Å². The Hall–Kier alpha value is -2.65. The van der Waals surface area contributed by atoms with Gasteiger partial charge in [0.25, 0.3) is 0 Å². The molecule has 7 rings (SSSR count). The maximum Gasteiger partial charge on any atom is 0.241 e. The molecule has 3 aromatic rings. The number of alkyl halides is 2. The number of nitrogens with zero attached hydrogens (tertiary/aromatic N) is 4. The molecule has 0 unspecified atom stereocenters. The molecule has 2 saturated carbocycles. The van der Waals surface area contributed by atoms with Gasteiger partial charge in [-0.25, -0.2) is 8.78 Å². The van der Waals surface area contributed by atoms with Crippen molar-refractivity contribution >= 4 is 34.6 Å². The Bertz CT molecular complexity index is 1470. The summed E-state index contributed by atoms with van der Waals surface area (Å²) in [6.07, 6.45) is 2.99. The predicted octanol–water partition coefficient (Wildman–Crippen LogP) is 5.79. The van der Waals surface area contributed by atoms with Crippen molar-refractivity contribution in [3.05, 3.63) is 62.5 Å². The lowest BCUT2D eigenvalue weighted by Gasteiger charge is -2.29. The maximum atomic E-state index is 13.3. The fourth-order valence-electron chi connectivity index (χ4n) is 6.37. The van der Waals surface area contributed by atoms with E-state index in [9.17, 15) is 13.6 Å². The van der Waals surface area contributed by atoms with E-state index in [1.807, 2.05) is 31.2 Å². The average Bonchev–Trinajstić information content (AvgIpc) is 3.23. The minimum Gasteiger partial charge on any atom is -0.353 e. The van der Waals surface area contributed by atoms with Crippen molar-refractivity contribution in [3.63, 3.8) is 0 Å². The number of fused-ring (bicyclic) bond motifs is 6. The zero-order valence-corrected chi connectivity index (χ0v) is 22.6. The van der Waals surface area contributed by atoms with E-state index in [2.05, 4.69) is 20.1 Å². The lowest BCUT2D eigenvalue weighted by atomic mass is 9.86. The summed E-state index contributed by atoms with van der Waals surface area (Å²) < 4.78 is 28.3. The SMILES string of the molecule is Cc1nnc2n1-c1sc3c(c1C(c1ccccc1Cl)=NC21CC1)C[C@H](C(=O)N[C@H]1CC[C@H](C(F)F)CC1)C3. The molecule has 3 aliphatic carbocycles. The Morgan fingerprint density at radius 2 is 1.92 bits per heavy atom. The van der Waals surface area contributed by atoms with Crippen molar-refractivity contribution in [1.29, 1.82) is 0 Å². The zero-order valence-electron chi connectivity index (χ0n) is 21.0. The molecule has 1 aliphatic heterocycles. The van der Waals surface area contributed by atoms with Crippen LogP contribution in [0.3, 0.4) is 0 Å². The lowest BCUT2D eigenvalue weighted by molar-refractivity contribution is -0.125. The molecule has 1 spiro atoms. The standard InChI is InChI=1S/C28H28ClF2N5OS/c1-14-34-35-27-28(10-11-28)33-23(18-4-2-3-5-20(18)29)22-19-12-16(13-21(19)38-26(22)36(14)27)25(37)32-17-8-6-15(7-9-17)24(30)31/h2-5,15-17,24H,6-13H2,1H3,(H,32,37)/t15-,16-,17-/m0/s1. The molecule has 6 nitrogen and oxygen atoms in total. The summed E-state index contributed by atoms with van der Waals surface area (Å²) in [7, 11) is 0. The highest BCUT2D eigenvalue weighted by Crippen LogP contribution is 2.54. The fraction of sp³-hybridized carbons (Fsp3) is 0.500. The van der Waals surface area contributed by atoms with Crippen LogP contribution >= 0.6 is 22.9 Å². The molecule has 1 atom stereocenters. The topological polar surface area (TPSA) is 72.2 Å². The number of carbonyl (C=O) groups excluding carboxylic acids is 1. The Kier molecular flexibility index (Phi) is 5.74. The van der Waals surface area contributed by atoms with E-state index in [0.29, 0.717) is 43.5 Å². The van der Waals surface area contributed by atoms with E-state index in [4.69, 9.17) is 16.6 Å². The molecule has 10 heteroatoms. The van der Waals surface area contributed by atoms with Gasteiger partial charge in [-0.05, 0) is 69.9 Å². The number of aromatic nitrogens is 3. The number of rotatable bonds is 4. The zero-order chi connectivity index (χ0) is 26.2. The molecular formula is C28H28ClF2N5OS. The molecule has 1 N–H and O–H groups in total. The number of nitrogens with one attached hydrogen (secondary N) is 1. The van der Waals surface area contributed by atoms with Gasteiger partial charge in [0.2, 0.25) is 12.3 Å². The number of aliphatic imine (C=N–C) groups is 1. The number of halogens is 3. The quantitative estimate of drug-likeness (QED) is 0.443. The van der Waals surface area contributed by atoms with E-state index in [-0.39, 0.29) is 17.9 Å². The third-order valence-electron chi connectivity index (χ3n) is 8.66. The number of thiophene rings is 1. The summed E-state index contributed by atoms with van der Waals surface area (Å²) >= 11 is 8.42. The van der Waals surface area contributed by atoms with Gasteiger partial charge in [-0.3, -0.25) is 14.4 Å². The van der Waals surface area contributed by atoms with Gasteiger partial charge in [0, 0.05) is 38.9 Å². The smallest absolute Gasteiger partial charge is 0.241 e. The Morgan fingerprint density at radius 3 is 2.63 bits per heavy atom. The van der Waals surface area contributed by atoms with Crippen LogP contribution < -0.4 is 5.32 Å². The summed E-state index contributed by atoms with van der Waals surface area (Å²) in [5.74, 6) is 1.01. The molecule has 38 heavy (non-hydrogen) atoms. The van der Waals surface area contributed by atoms with Gasteiger partial charge < -0.3 is 5.32 Å². The second-order valence-corrected chi connectivity index (χ2v) is 12.6. The van der Waals surface area contributed by atoms with Crippen molar-refractivity contribution in [2.24, 2.45) is 16.8 Å². The Morgan fingerprint density at radius 1 is 1.16 bits per heavy atom. The van der Waals surface area contributed by atoms with Crippen LogP contribution in [0.25, 0.3) is 5.00 Å². The largest absolute Gasteiger partial charge is 0.353 e. The molecule has 3 heterocycles. The van der Waals surface area contributed by atoms with Crippen molar-refractivity contribution in [3.8, 4) is 5.00 Å².